The van der Waals surface area contributed by atoms with Gasteiger partial charge >= 0.3 is 5.97 Å². The SMILES string of the molecule is CC1[C@H](C)OC(=O)C[C@H](O)C[C@H](O)CC[C@@H](O)[C@H](O)C[C@H](O)C[C@]2(O)C[C@H](O)C(C(=O)NCCCN3CCCCC3)C(C[C@@H](OC3O[C@H](C)[C@@H](O)[C@H](NC[C@@]4(O)OC[C@@H](O)[C@@H](O)[C@@H]4O)[C@@H]3O)C=C/C=C/C=C/C=C/C=C/C=C/C=C/[C@H](C)[C@H]1O)O2. The van der Waals surface area contributed by atoms with Gasteiger partial charge in [-0.05, 0) is 72.0 Å². The Kier molecular flexibility index (Phi) is 30.1. The van der Waals surface area contributed by atoms with Crippen LogP contribution in [-0.4, -0.2) is 249 Å². The van der Waals surface area contributed by atoms with E-state index in [2.05, 4.69) is 15.5 Å². The number of carbonyl (C=O) groups excluding carboxylic acids is 2. The van der Waals surface area contributed by atoms with E-state index in [1.165, 1.54) is 6.92 Å². The summed E-state index contributed by atoms with van der Waals surface area (Å²) in [6.45, 7) is 8.38. The number of nitrogens with one attached hydrogen (secondary N) is 2. The topological polar surface area (TPSA) is 391 Å². The Morgan fingerprint density at radius 3 is 1.93 bits per heavy atom. The second-order valence-electron chi connectivity index (χ2n) is 23.8. The lowest BCUT2D eigenvalue weighted by Crippen LogP contribution is -2.69. The van der Waals surface area contributed by atoms with E-state index < -0.39 is 184 Å². The van der Waals surface area contributed by atoms with Crippen LogP contribution in [0.3, 0.4) is 0 Å². The van der Waals surface area contributed by atoms with Crippen LogP contribution in [0.25, 0.3) is 0 Å². The van der Waals surface area contributed by atoms with Gasteiger partial charge in [0.05, 0.1) is 98.7 Å². The molecule has 16 N–H and O–H groups in total. The van der Waals surface area contributed by atoms with Crippen LogP contribution in [0.5, 0.6) is 0 Å². The Balaban J connectivity index is 1.42. The number of aliphatic hydroxyl groups is 14. The summed E-state index contributed by atoms with van der Waals surface area (Å²) >= 11 is 0. The third kappa shape index (κ3) is 23.0. The molecule has 0 aromatic carbocycles. The molecule has 0 radical (unpaired) electrons. The van der Waals surface area contributed by atoms with Crippen LogP contribution < -0.4 is 10.6 Å². The number of fused-ring (bicyclic) bond motifs is 2. The molecule has 1 amide bonds. The maximum absolute atomic E-state index is 14.3. The normalized spacial score (nSPS) is 44.0. The molecule has 0 aromatic heterocycles. The number of amides is 1. The number of carbonyl (C=O) groups is 2. The second-order valence-corrected chi connectivity index (χ2v) is 23.8. The lowest BCUT2D eigenvalue weighted by Gasteiger charge is -2.47. The summed E-state index contributed by atoms with van der Waals surface area (Å²) in [4.78, 5) is 29.3. The molecule has 4 saturated heterocycles. The highest BCUT2D eigenvalue weighted by atomic mass is 16.7. The van der Waals surface area contributed by atoms with Gasteiger partial charge in [-0.1, -0.05) is 105 Å². The number of hydrogen-bond acceptors (Lipinski definition) is 23. The molecule has 24 nitrogen and oxygen atoms in total. The maximum Gasteiger partial charge on any atom is 0.308 e. The summed E-state index contributed by atoms with van der Waals surface area (Å²) < 4.78 is 29.6. The van der Waals surface area contributed by atoms with Crippen molar-refractivity contribution in [3.63, 3.8) is 0 Å². The van der Waals surface area contributed by atoms with Gasteiger partial charge in [0.1, 0.15) is 30.5 Å². The van der Waals surface area contributed by atoms with E-state index in [-0.39, 0.29) is 38.1 Å². The minimum Gasteiger partial charge on any atom is -0.462 e. The van der Waals surface area contributed by atoms with Crippen molar-refractivity contribution in [2.24, 2.45) is 17.8 Å². The van der Waals surface area contributed by atoms with Gasteiger partial charge in [0.25, 0.3) is 0 Å². The fourth-order valence-corrected chi connectivity index (χ4v) is 11.3. The number of aliphatic hydroxyl groups excluding tert-OH is 12. The zero-order chi connectivity index (χ0) is 62.4. The van der Waals surface area contributed by atoms with E-state index in [9.17, 15) is 81.1 Å². The number of piperidine rings is 1. The van der Waals surface area contributed by atoms with Crippen molar-refractivity contribution in [2.45, 2.75) is 226 Å². The number of allylic oxidation sites excluding steroid dienone is 12. The minimum absolute atomic E-state index is 0.125. The smallest absolute Gasteiger partial charge is 0.308 e. The number of rotatable bonds is 10. The van der Waals surface area contributed by atoms with E-state index in [1.54, 1.807) is 92.8 Å². The summed E-state index contributed by atoms with van der Waals surface area (Å²) in [6, 6.07) is -1.34. The van der Waals surface area contributed by atoms with Crippen LogP contribution in [0.4, 0.5) is 0 Å². The highest BCUT2D eigenvalue weighted by Crippen LogP contribution is 2.39. The van der Waals surface area contributed by atoms with E-state index in [0.717, 1.165) is 38.9 Å². The number of cyclic esters (lactones) is 1. The molecular formula is C61H99N3O21. The molecule has 85 heavy (non-hydrogen) atoms. The molecule has 5 aliphatic rings. The van der Waals surface area contributed by atoms with Crippen LogP contribution in [0, 0.1) is 17.8 Å². The lowest BCUT2D eigenvalue weighted by atomic mass is 9.82. The van der Waals surface area contributed by atoms with Gasteiger partial charge in [-0.2, -0.15) is 0 Å². The van der Waals surface area contributed by atoms with E-state index in [0.29, 0.717) is 6.42 Å². The van der Waals surface area contributed by atoms with E-state index >= 15 is 0 Å². The molecule has 0 aromatic rings. The molecule has 4 fully saturated rings. The maximum atomic E-state index is 14.3. The molecule has 484 valence electrons. The van der Waals surface area contributed by atoms with Crippen LogP contribution in [-0.2, 0) is 33.3 Å². The average Bonchev–Trinajstić information content (AvgIpc) is 3.49. The van der Waals surface area contributed by atoms with Crippen LogP contribution in [0.2, 0.25) is 0 Å². The Morgan fingerprint density at radius 2 is 1.28 bits per heavy atom. The Labute approximate surface area is 499 Å². The number of esters is 1. The first-order valence-corrected chi connectivity index (χ1v) is 30.2. The molecule has 5 rings (SSSR count). The van der Waals surface area contributed by atoms with Crippen molar-refractivity contribution < 1.29 is 105 Å². The van der Waals surface area contributed by atoms with Crippen molar-refractivity contribution >= 4 is 11.9 Å². The van der Waals surface area contributed by atoms with Gasteiger partial charge in [0.15, 0.2) is 12.1 Å². The first-order chi connectivity index (χ1) is 40.3. The number of likely N-dealkylation sites (tertiary alicyclic amines) is 1. The molecule has 5 aliphatic heterocycles. The monoisotopic (exact) mass is 1210 g/mol. The molecule has 5 heterocycles. The van der Waals surface area contributed by atoms with Crippen LogP contribution in [0.15, 0.2) is 85.1 Å². The molecule has 23 atom stereocenters. The van der Waals surface area contributed by atoms with Crippen molar-refractivity contribution in [3.05, 3.63) is 85.1 Å². The van der Waals surface area contributed by atoms with E-state index in [4.69, 9.17) is 23.7 Å². The summed E-state index contributed by atoms with van der Waals surface area (Å²) in [5, 5.41) is 160. The van der Waals surface area contributed by atoms with Gasteiger partial charge in [0, 0.05) is 44.1 Å². The van der Waals surface area contributed by atoms with Crippen molar-refractivity contribution in [1.29, 1.82) is 0 Å². The number of ether oxygens (including phenoxy) is 5. The molecule has 0 spiro atoms. The van der Waals surface area contributed by atoms with Crippen molar-refractivity contribution in [2.75, 3.05) is 39.3 Å². The third-order valence-corrected chi connectivity index (χ3v) is 16.7. The quantitative estimate of drug-likeness (QED) is 0.0926. The van der Waals surface area contributed by atoms with Gasteiger partial charge in [0.2, 0.25) is 11.7 Å². The fraction of sp³-hybridized carbons (Fsp3) is 0.738. The summed E-state index contributed by atoms with van der Waals surface area (Å²) in [5.41, 5.74) is 0. The van der Waals surface area contributed by atoms with Gasteiger partial charge in [-0.3, -0.25) is 9.59 Å². The average molecular weight is 1210 g/mol. The first kappa shape index (κ1) is 72.1. The zero-order valence-corrected chi connectivity index (χ0v) is 49.5. The highest BCUT2D eigenvalue weighted by Gasteiger charge is 2.53. The van der Waals surface area contributed by atoms with Crippen molar-refractivity contribution in [3.8, 4) is 0 Å². The van der Waals surface area contributed by atoms with Gasteiger partial charge in [-0.25, -0.2) is 0 Å². The minimum atomic E-state index is -2.46. The Morgan fingerprint density at radius 1 is 0.659 bits per heavy atom. The van der Waals surface area contributed by atoms with Gasteiger partial charge in [-0.15, -0.1) is 0 Å². The molecular weight excluding hydrogens is 1110 g/mol. The van der Waals surface area contributed by atoms with Crippen LogP contribution in [0.1, 0.15) is 105 Å². The molecule has 4 unspecified atom stereocenters. The van der Waals surface area contributed by atoms with Crippen molar-refractivity contribution in [1.82, 2.24) is 15.5 Å². The Bertz CT molecular complexity index is 2210. The zero-order valence-electron chi connectivity index (χ0n) is 49.5. The van der Waals surface area contributed by atoms with E-state index in [1.807, 2.05) is 13.0 Å². The lowest BCUT2D eigenvalue weighted by molar-refractivity contribution is -0.323. The molecule has 2 bridgehead atoms. The predicted octanol–water partition coefficient (Wildman–Crippen LogP) is -0.948. The summed E-state index contributed by atoms with van der Waals surface area (Å²) in [6.07, 6.45) is 1.18. The Hall–Kier alpha value is -3.68. The second kappa shape index (κ2) is 35.5. The largest absolute Gasteiger partial charge is 0.462 e. The fourth-order valence-electron chi connectivity index (χ4n) is 11.3. The molecule has 24 heteroatoms. The first-order valence-electron chi connectivity index (χ1n) is 30.2. The number of hydrogen-bond donors (Lipinski definition) is 16. The standard InChI is InChI=1S/C61H99N3O21/c1-37-21-16-13-11-9-7-5-6-8-10-12-14-17-22-44(84-59-56(76)52(54(74)40(4)83-59)63-36-61(80)57(77)55(75)48(71)35-81-61)32-49-51(58(78)62-25-20-28-64-26-18-15-19-27-64)47(70)34-60(79,85-49)33-43(67)30-46(69)45(68)24-23-41(65)29-42(66)31-50(72)82-39(3)38(2)53(37)73/h5-14,16-17,21-22,37-49,51-57,59,63,65-71,73-77,79-80H,15,18-20,23-36H2,1-4H3,(H,62,78)/b6-5+,9-7+,10-8+,13-11+,14-12+,21-16+,22-17?/t37-,38?,39-,40+,41+,42+,43-,44-,45+,46+,47-,48+,49?,51?,52-,53+,54+,55+,56-,57-,59?,60+,61+/m0/s1. The molecule has 0 saturated carbocycles. The summed E-state index contributed by atoms with van der Waals surface area (Å²) in [5.74, 6) is -8.29. The molecule has 0 aliphatic carbocycles. The third-order valence-electron chi connectivity index (χ3n) is 16.7. The number of nitrogens with zero attached hydrogens (tertiary/aromatic N) is 1. The predicted molar refractivity (Wildman–Crippen MR) is 310 cm³/mol. The van der Waals surface area contributed by atoms with Gasteiger partial charge < -0.3 is 111 Å². The summed E-state index contributed by atoms with van der Waals surface area (Å²) in [7, 11) is 0. The highest BCUT2D eigenvalue weighted by molar-refractivity contribution is 5.80. The van der Waals surface area contributed by atoms with Crippen LogP contribution >= 0.6 is 0 Å².